The van der Waals surface area contributed by atoms with Crippen molar-refractivity contribution < 1.29 is 8.42 Å². The van der Waals surface area contributed by atoms with Crippen LogP contribution in [0.15, 0.2) is 59.5 Å². The maximum atomic E-state index is 12.5. The van der Waals surface area contributed by atoms with Crippen molar-refractivity contribution >= 4 is 26.5 Å². The van der Waals surface area contributed by atoms with E-state index in [4.69, 9.17) is 0 Å². The molecule has 0 bridgehead atoms. The first-order chi connectivity index (χ1) is 10.1. The summed E-state index contributed by atoms with van der Waals surface area (Å²) in [4.78, 5) is 0.343. The van der Waals surface area contributed by atoms with Crippen LogP contribution in [-0.4, -0.2) is 8.42 Å². The van der Waals surface area contributed by atoms with Crippen LogP contribution in [0.2, 0.25) is 0 Å². The molecule has 3 aromatic rings. The molecule has 0 atom stereocenters. The van der Waals surface area contributed by atoms with Gasteiger partial charge in [0.2, 0.25) is 0 Å². The molecule has 0 saturated carbocycles. The highest BCUT2D eigenvalue weighted by Gasteiger charge is 2.28. The van der Waals surface area contributed by atoms with Gasteiger partial charge in [0.15, 0.2) is 0 Å². The Morgan fingerprint density at radius 3 is 2.57 bits per heavy atom. The van der Waals surface area contributed by atoms with Crippen molar-refractivity contribution in [2.24, 2.45) is 0 Å². The highest BCUT2D eigenvalue weighted by molar-refractivity contribution is 7.93. The quantitative estimate of drug-likeness (QED) is 0.683. The van der Waals surface area contributed by atoms with E-state index in [2.05, 4.69) is 4.72 Å². The lowest BCUT2D eigenvalue weighted by Gasteiger charge is -2.23. The second kappa shape index (κ2) is 4.09. The van der Waals surface area contributed by atoms with Crippen LogP contribution in [0.3, 0.4) is 0 Å². The van der Waals surface area contributed by atoms with Gasteiger partial charge in [-0.25, -0.2) is 8.42 Å². The van der Waals surface area contributed by atoms with Gasteiger partial charge in [-0.15, -0.1) is 0 Å². The largest absolute Gasteiger partial charge is 0.278 e. The highest BCUT2D eigenvalue weighted by atomic mass is 32.2. The normalized spacial score (nSPS) is 15.1. The van der Waals surface area contributed by atoms with Gasteiger partial charge in [-0.1, -0.05) is 48.0 Å². The van der Waals surface area contributed by atoms with E-state index in [1.165, 1.54) is 0 Å². The third-order valence-corrected chi connectivity index (χ3v) is 5.29. The van der Waals surface area contributed by atoms with Crippen LogP contribution >= 0.6 is 0 Å². The second-order valence-electron chi connectivity index (χ2n) is 5.31. The predicted molar refractivity (Wildman–Crippen MR) is 84.9 cm³/mol. The fourth-order valence-corrected chi connectivity index (χ4v) is 4.19. The summed E-state index contributed by atoms with van der Waals surface area (Å²) >= 11 is 0. The minimum Gasteiger partial charge on any atom is -0.278 e. The number of hydrogen-bond acceptors (Lipinski definition) is 2. The summed E-state index contributed by atoms with van der Waals surface area (Å²) in [6.45, 7) is 1.97. The SMILES string of the molecule is Cc1ccc2c(c1)-c1ccc3ccccc3c1NS2(=O)=O. The van der Waals surface area contributed by atoms with E-state index in [0.29, 0.717) is 10.6 Å². The Morgan fingerprint density at radius 1 is 0.905 bits per heavy atom. The molecule has 0 saturated heterocycles. The van der Waals surface area contributed by atoms with Crippen molar-refractivity contribution in [3.8, 4) is 11.1 Å². The van der Waals surface area contributed by atoms with E-state index in [0.717, 1.165) is 27.5 Å². The molecule has 3 nitrogen and oxygen atoms in total. The zero-order valence-corrected chi connectivity index (χ0v) is 12.2. The van der Waals surface area contributed by atoms with E-state index < -0.39 is 10.0 Å². The zero-order chi connectivity index (χ0) is 14.6. The van der Waals surface area contributed by atoms with E-state index in [1.54, 1.807) is 6.07 Å². The fraction of sp³-hybridized carbons (Fsp3) is 0.0588. The molecule has 0 spiro atoms. The number of rotatable bonds is 0. The summed E-state index contributed by atoms with van der Waals surface area (Å²) in [5, 5.41) is 1.95. The predicted octanol–water partition coefficient (Wildman–Crippen LogP) is 3.93. The topological polar surface area (TPSA) is 46.2 Å². The van der Waals surface area contributed by atoms with Crippen LogP contribution in [0, 0.1) is 6.92 Å². The molecule has 21 heavy (non-hydrogen) atoms. The van der Waals surface area contributed by atoms with Crippen molar-refractivity contribution in [3.05, 3.63) is 60.2 Å². The van der Waals surface area contributed by atoms with Gasteiger partial charge in [0.1, 0.15) is 0 Å². The van der Waals surface area contributed by atoms with E-state index in [-0.39, 0.29) is 0 Å². The molecular weight excluding hydrogens is 282 g/mol. The molecular formula is C17H13NO2S. The van der Waals surface area contributed by atoms with Crippen LogP contribution in [0.5, 0.6) is 0 Å². The van der Waals surface area contributed by atoms with Gasteiger partial charge in [-0.05, 0) is 24.4 Å². The first-order valence-corrected chi connectivity index (χ1v) is 8.20. The Kier molecular flexibility index (Phi) is 2.41. The minimum absolute atomic E-state index is 0.343. The molecule has 0 unspecified atom stereocenters. The molecule has 104 valence electrons. The van der Waals surface area contributed by atoms with E-state index in [1.807, 2.05) is 55.5 Å². The third kappa shape index (κ3) is 1.76. The molecule has 0 aliphatic carbocycles. The molecule has 4 rings (SSSR count). The summed E-state index contributed by atoms with van der Waals surface area (Å²) in [7, 11) is -3.51. The van der Waals surface area contributed by atoms with Gasteiger partial charge in [0, 0.05) is 16.5 Å². The molecule has 1 aliphatic heterocycles. The van der Waals surface area contributed by atoms with Crippen LogP contribution in [0.25, 0.3) is 21.9 Å². The van der Waals surface area contributed by atoms with Gasteiger partial charge in [-0.3, -0.25) is 4.72 Å². The molecule has 0 radical (unpaired) electrons. The van der Waals surface area contributed by atoms with E-state index >= 15 is 0 Å². The number of aryl methyl sites for hydroxylation is 1. The standard InChI is InChI=1S/C17H13NO2S/c1-11-6-9-16-15(10-11)14-8-7-12-4-2-3-5-13(12)17(14)18-21(16,19)20/h2-10,18H,1H3. The first kappa shape index (κ1) is 12.4. The first-order valence-electron chi connectivity index (χ1n) is 6.72. The van der Waals surface area contributed by atoms with E-state index in [9.17, 15) is 8.42 Å². The van der Waals surface area contributed by atoms with Crippen molar-refractivity contribution in [3.63, 3.8) is 0 Å². The average molecular weight is 295 g/mol. The van der Waals surface area contributed by atoms with Crippen LogP contribution in [0.4, 0.5) is 5.69 Å². The van der Waals surface area contributed by atoms with Gasteiger partial charge in [-0.2, -0.15) is 0 Å². The molecule has 0 fully saturated rings. The number of fused-ring (bicyclic) bond motifs is 5. The van der Waals surface area contributed by atoms with Gasteiger partial charge >= 0.3 is 0 Å². The van der Waals surface area contributed by atoms with Crippen LogP contribution in [-0.2, 0) is 10.0 Å². The Labute approximate surface area is 123 Å². The van der Waals surface area contributed by atoms with Crippen molar-refractivity contribution in [1.82, 2.24) is 0 Å². The van der Waals surface area contributed by atoms with Gasteiger partial charge in [0.25, 0.3) is 10.0 Å². The number of nitrogens with one attached hydrogen (secondary N) is 1. The molecule has 1 heterocycles. The molecule has 1 aliphatic rings. The van der Waals surface area contributed by atoms with Crippen LogP contribution in [0.1, 0.15) is 5.56 Å². The smallest absolute Gasteiger partial charge is 0.262 e. The number of hydrogen-bond donors (Lipinski definition) is 1. The number of benzene rings is 3. The lowest BCUT2D eigenvalue weighted by atomic mass is 9.97. The number of anilines is 1. The summed E-state index contributed by atoms with van der Waals surface area (Å²) in [6.07, 6.45) is 0. The monoisotopic (exact) mass is 295 g/mol. The third-order valence-electron chi connectivity index (χ3n) is 3.88. The average Bonchev–Trinajstić information content (AvgIpc) is 2.46. The summed E-state index contributed by atoms with van der Waals surface area (Å²) in [6, 6.07) is 17.2. The van der Waals surface area contributed by atoms with Crippen molar-refractivity contribution in [1.29, 1.82) is 0 Å². The minimum atomic E-state index is -3.51. The second-order valence-corrected chi connectivity index (χ2v) is 6.97. The maximum absolute atomic E-state index is 12.5. The molecule has 0 aromatic heterocycles. The van der Waals surface area contributed by atoms with Gasteiger partial charge in [0.05, 0.1) is 10.6 Å². The van der Waals surface area contributed by atoms with Gasteiger partial charge < -0.3 is 0 Å². The maximum Gasteiger partial charge on any atom is 0.262 e. The summed E-state index contributed by atoms with van der Waals surface area (Å²) in [5.74, 6) is 0. The Morgan fingerprint density at radius 2 is 1.71 bits per heavy atom. The lowest BCUT2D eigenvalue weighted by Crippen LogP contribution is -2.19. The Bertz CT molecular complexity index is 991. The zero-order valence-electron chi connectivity index (χ0n) is 11.4. The Hall–Kier alpha value is -2.33. The lowest BCUT2D eigenvalue weighted by molar-refractivity contribution is 0.601. The molecule has 4 heteroatoms. The molecule has 3 aromatic carbocycles. The fourth-order valence-electron chi connectivity index (χ4n) is 2.88. The number of sulfonamides is 1. The molecule has 1 N–H and O–H groups in total. The summed E-state index contributed by atoms with van der Waals surface area (Å²) in [5.41, 5.74) is 3.42. The Balaban J connectivity index is 2.17. The van der Waals surface area contributed by atoms with Crippen LogP contribution < -0.4 is 4.72 Å². The molecule has 0 amide bonds. The van der Waals surface area contributed by atoms with Crippen molar-refractivity contribution in [2.75, 3.05) is 4.72 Å². The summed E-state index contributed by atoms with van der Waals surface area (Å²) < 4.78 is 27.7. The highest BCUT2D eigenvalue weighted by Crippen LogP contribution is 2.43. The van der Waals surface area contributed by atoms with Crippen molar-refractivity contribution in [2.45, 2.75) is 11.8 Å².